The van der Waals surface area contributed by atoms with Crippen molar-refractivity contribution in [1.82, 2.24) is 10.3 Å². The third kappa shape index (κ3) is 5.25. The SMILES string of the molecule is COc1ccc(C2(C(=O)NC(C)Cc3ccc(NC(=O)c4ccnc5ccccc45)cc3)CCCC2)cc1. The molecule has 6 nitrogen and oxygen atoms in total. The van der Waals surface area contributed by atoms with Crippen molar-refractivity contribution in [3.63, 3.8) is 0 Å². The molecule has 0 bridgehead atoms. The molecule has 0 spiro atoms. The number of nitrogens with one attached hydrogen (secondary N) is 2. The van der Waals surface area contributed by atoms with Crippen LogP contribution in [-0.2, 0) is 16.6 Å². The third-order valence-corrected chi connectivity index (χ3v) is 7.56. The number of pyridine rings is 1. The van der Waals surface area contributed by atoms with Gasteiger partial charge in [0.1, 0.15) is 5.75 Å². The van der Waals surface area contributed by atoms with E-state index < -0.39 is 5.41 Å². The number of rotatable bonds is 8. The number of benzene rings is 3. The van der Waals surface area contributed by atoms with E-state index >= 15 is 0 Å². The number of methoxy groups -OCH3 is 1. The highest BCUT2D eigenvalue weighted by molar-refractivity contribution is 6.12. The lowest BCUT2D eigenvalue weighted by atomic mass is 9.77. The first kappa shape index (κ1) is 25.5. The van der Waals surface area contributed by atoms with E-state index in [1.165, 1.54) is 0 Å². The van der Waals surface area contributed by atoms with Crippen LogP contribution in [0.3, 0.4) is 0 Å². The summed E-state index contributed by atoms with van der Waals surface area (Å²) >= 11 is 0. The minimum absolute atomic E-state index is 0.0261. The van der Waals surface area contributed by atoms with Crippen molar-refractivity contribution in [3.8, 4) is 5.75 Å². The van der Waals surface area contributed by atoms with Crippen LogP contribution in [0.5, 0.6) is 5.75 Å². The minimum atomic E-state index is -0.480. The molecule has 1 aromatic heterocycles. The Labute approximate surface area is 223 Å². The molecule has 2 N–H and O–H groups in total. The van der Waals surface area contributed by atoms with Crippen LogP contribution in [0.25, 0.3) is 10.9 Å². The molecule has 38 heavy (non-hydrogen) atoms. The predicted molar refractivity (Wildman–Crippen MR) is 151 cm³/mol. The monoisotopic (exact) mass is 507 g/mol. The Morgan fingerprint density at radius 3 is 2.37 bits per heavy atom. The van der Waals surface area contributed by atoms with Gasteiger partial charge in [0.25, 0.3) is 5.91 Å². The van der Waals surface area contributed by atoms with E-state index in [0.717, 1.165) is 59.2 Å². The van der Waals surface area contributed by atoms with Crippen LogP contribution in [0.2, 0.25) is 0 Å². The van der Waals surface area contributed by atoms with Crippen LogP contribution in [0.4, 0.5) is 5.69 Å². The Bertz CT molecular complexity index is 1420. The number of anilines is 1. The second-order valence-corrected chi connectivity index (χ2v) is 10.1. The van der Waals surface area contributed by atoms with Gasteiger partial charge in [-0.25, -0.2) is 0 Å². The maximum absolute atomic E-state index is 13.5. The maximum Gasteiger partial charge on any atom is 0.256 e. The quantitative estimate of drug-likeness (QED) is 0.304. The molecule has 1 heterocycles. The van der Waals surface area contributed by atoms with Crippen LogP contribution in [0.1, 0.15) is 54.1 Å². The Morgan fingerprint density at radius 2 is 1.66 bits per heavy atom. The lowest BCUT2D eigenvalue weighted by Crippen LogP contribution is -2.46. The van der Waals surface area contributed by atoms with Crippen molar-refractivity contribution in [2.45, 2.75) is 50.5 Å². The van der Waals surface area contributed by atoms with E-state index in [1.807, 2.05) is 79.7 Å². The molecule has 0 aliphatic heterocycles. The molecule has 0 saturated heterocycles. The van der Waals surface area contributed by atoms with Crippen molar-refractivity contribution >= 4 is 28.4 Å². The number of ether oxygens (including phenoxy) is 1. The van der Waals surface area contributed by atoms with Gasteiger partial charge in [-0.3, -0.25) is 14.6 Å². The van der Waals surface area contributed by atoms with Crippen LogP contribution < -0.4 is 15.4 Å². The first-order valence-electron chi connectivity index (χ1n) is 13.2. The summed E-state index contributed by atoms with van der Waals surface area (Å²) in [7, 11) is 1.65. The summed E-state index contributed by atoms with van der Waals surface area (Å²) in [5.74, 6) is 0.725. The molecule has 1 saturated carbocycles. The number of fused-ring (bicyclic) bond motifs is 1. The molecule has 6 heteroatoms. The first-order valence-corrected chi connectivity index (χ1v) is 13.2. The summed E-state index contributed by atoms with van der Waals surface area (Å²) in [6.07, 6.45) is 6.18. The fourth-order valence-electron chi connectivity index (χ4n) is 5.52. The van der Waals surface area contributed by atoms with Crippen LogP contribution >= 0.6 is 0 Å². The van der Waals surface area contributed by atoms with E-state index in [-0.39, 0.29) is 17.9 Å². The second kappa shape index (κ2) is 11.1. The predicted octanol–water partition coefficient (Wildman–Crippen LogP) is 6.05. The summed E-state index contributed by atoms with van der Waals surface area (Å²) in [4.78, 5) is 30.8. The lowest BCUT2D eigenvalue weighted by molar-refractivity contribution is -0.127. The van der Waals surface area contributed by atoms with E-state index in [1.54, 1.807) is 19.4 Å². The lowest BCUT2D eigenvalue weighted by Gasteiger charge is -2.30. The third-order valence-electron chi connectivity index (χ3n) is 7.56. The van der Waals surface area contributed by atoms with E-state index in [9.17, 15) is 9.59 Å². The number of amides is 2. The van der Waals surface area contributed by atoms with E-state index in [4.69, 9.17) is 4.74 Å². The molecule has 194 valence electrons. The maximum atomic E-state index is 13.5. The summed E-state index contributed by atoms with van der Waals surface area (Å²) in [6.45, 7) is 2.04. The van der Waals surface area contributed by atoms with Crippen molar-refractivity contribution < 1.29 is 14.3 Å². The average Bonchev–Trinajstić information content (AvgIpc) is 3.45. The number of para-hydroxylation sites is 1. The summed E-state index contributed by atoms with van der Waals surface area (Å²) < 4.78 is 5.30. The fraction of sp³-hybridized carbons (Fsp3) is 0.281. The molecule has 0 radical (unpaired) electrons. The normalized spacial score (nSPS) is 15.1. The number of nitrogens with zero attached hydrogens (tertiary/aromatic N) is 1. The second-order valence-electron chi connectivity index (χ2n) is 10.1. The number of hydrogen-bond donors (Lipinski definition) is 2. The summed E-state index contributed by atoms with van der Waals surface area (Å²) in [6, 6.07) is 25.0. The zero-order valence-electron chi connectivity index (χ0n) is 21.9. The van der Waals surface area contributed by atoms with Gasteiger partial charge in [-0.1, -0.05) is 55.3 Å². The summed E-state index contributed by atoms with van der Waals surface area (Å²) in [5.41, 5.74) is 3.77. The zero-order chi connectivity index (χ0) is 26.5. The van der Waals surface area contributed by atoms with Crippen LogP contribution in [0.15, 0.2) is 85.1 Å². The van der Waals surface area contributed by atoms with Gasteiger partial charge in [0.05, 0.1) is 23.6 Å². The van der Waals surface area contributed by atoms with Gasteiger partial charge in [-0.2, -0.15) is 0 Å². The first-order chi connectivity index (χ1) is 18.5. The Morgan fingerprint density at radius 1 is 0.947 bits per heavy atom. The minimum Gasteiger partial charge on any atom is -0.497 e. The standard InChI is InChI=1S/C32H33N3O3/c1-22(34-31(37)32(18-5-6-19-32)24-11-15-26(38-2)16-12-24)21-23-9-13-25(14-10-23)35-30(36)28-17-20-33-29-8-4-3-7-27(28)29/h3-4,7-17,20,22H,5-6,18-19,21H2,1-2H3,(H,34,37)(H,35,36). The Hall–Kier alpha value is -4.19. The molecule has 4 aromatic rings. The van der Waals surface area contributed by atoms with E-state index in [2.05, 4.69) is 15.6 Å². The van der Waals surface area contributed by atoms with Crippen molar-refractivity contribution in [1.29, 1.82) is 0 Å². The number of carbonyl (C=O) groups excluding carboxylic acids is 2. The van der Waals surface area contributed by atoms with Gasteiger partial charge < -0.3 is 15.4 Å². The van der Waals surface area contributed by atoms with E-state index in [0.29, 0.717) is 12.0 Å². The Kier molecular flexibility index (Phi) is 7.40. The van der Waals surface area contributed by atoms with Gasteiger partial charge in [0, 0.05) is 23.3 Å². The highest BCUT2D eigenvalue weighted by Gasteiger charge is 2.43. The van der Waals surface area contributed by atoms with Crippen LogP contribution in [-0.4, -0.2) is 29.9 Å². The summed E-state index contributed by atoms with van der Waals surface area (Å²) in [5, 5.41) is 7.09. The number of carbonyl (C=O) groups is 2. The molecule has 5 rings (SSSR count). The van der Waals surface area contributed by atoms with Crippen molar-refractivity contribution in [3.05, 3.63) is 102 Å². The average molecular weight is 508 g/mol. The molecule has 1 fully saturated rings. The van der Waals surface area contributed by atoms with Gasteiger partial charge in [-0.15, -0.1) is 0 Å². The fourth-order valence-corrected chi connectivity index (χ4v) is 5.52. The smallest absolute Gasteiger partial charge is 0.256 e. The topological polar surface area (TPSA) is 80.3 Å². The molecular formula is C32H33N3O3. The Balaban J connectivity index is 1.22. The van der Waals surface area contributed by atoms with Gasteiger partial charge in [-0.05, 0) is 73.7 Å². The highest BCUT2D eigenvalue weighted by atomic mass is 16.5. The molecular weight excluding hydrogens is 474 g/mol. The molecule has 1 aliphatic carbocycles. The number of aromatic nitrogens is 1. The van der Waals surface area contributed by atoms with Gasteiger partial charge in [0.2, 0.25) is 5.91 Å². The zero-order valence-corrected chi connectivity index (χ0v) is 21.9. The highest BCUT2D eigenvalue weighted by Crippen LogP contribution is 2.42. The molecule has 2 amide bonds. The van der Waals surface area contributed by atoms with Crippen LogP contribution in [0, 0.1) is 0 Å². The molecule has 1 aliphatic rings. The number of hydrogen-bond acceptors (Lipinski definition) is 4. The largest absolute Gasteiger partial charge is 0.497 e. The van der Waals surface area contributed by atoms with Gasteiger partial charge >= 0.3 is 0 Å². The molecule has 1 atom stereocenters. The van der Waals surface area contributed by atoms with Gasteiger partial charge in [0.15, 0.2) is 0 Å². The van der Waals surface area contributed by atoms with Crippen molar-refractivity contribution in [2.24, 2.45) is 0 Å². The van der Waals surface area contributed by atoms with Crippen molar-refractivity contribution in [2.75, 3.05) is 12.4 Å². The molecule has 3 aromatic carbocycles. The molecule has 1 unspecified atom stereocenters.